The van der Waals surface area contributed by atoms with Gasteiger partial charge in [0.2, 0.25) is 5.03 Å². The highest BCUT2D eigenvalue weighted by molar-refractivity contribution is 7.92. The molecule has 0 aliphatic carbocycles. The number of anilines is 2. The Balaban J connectivity index is 2.46. The lowest BCUT2D eigenvalue weighted by Crippen LogP contribution is -2.18. The van der Waals surface area contributed by atoms with Gasteiger partial charge in [0, 0.05) is 26.2 Å². The van der Waals surface area contributed by atoms with Crippen molar-refractivity contribution in [1.82, 2.24) is 9.55 Å². The summed E-state index contributed by atoms with van der Waals surface area (Å²) in [5, 5.41) is 0.234. The number of sulfonamides is 1. The molecule has 21 heavy (non-hydrogen) atoms. The van der Waals surface area contributed by atoms with E-state index in [9.17, 15) is 8.42 Å². The van der Waals surface area contributed by atoms with Crippen molar-refractivity contribution < 1.29 is 8.42 Å². The Morgan fingerprint density at radius 2 is 1.95 bits per heavy atom. The van der Waals surface area contributed by atoms with Gasteiger partial charge in [0.25, 0.3) is 10.0 Å². The van der Waals surface area contributed by atoms with Gasteiger partial charge >= 0.3 is 0 Å². The number of nitrogens with one attached hydrogen (secondary N) is 1. The van der Waals surface area contributed by atoms with Gasteiger partial charge in [0.05, 0.1) is 17.7 Å². The van der Waals surface area contributed by atoms with Gasteiger partial charge in [-0.25, -0.2) is 4.98 Å². The second-order valence-corrected chi connectivity index (χ2v) is 7.00. The number of nitrogens with zero attached hydrogens (tertiary/aromatic N) is 3. The Morgan fingerprint density at radius 3 is 2.48 bits per heavy atom. The number of aryl methyl sites for hydroxylation is 1. The van der Waals surface area contributed by atoms with Crippen LogP contribution in [-0.4, -0.2) is 32.1 Å². The normalized spacial score (nSPS) is 11.5. The van der Waals surface area contributed by atoms with Crippen molar-refractivity contribution in [2.45, 2.75) is 5.03 Å². The fraction of sp³-hybridized carbons (Fsp3) is 0.250. The van der Waals surface area contributed by atoms with Crippen LogP contribution in [0.15, 0.2) is 29.6 Å². The third-order valence-electron chi connectivity index (χ3n) is 2.77. The molecule has 1 aromatic carbocycles. The summed E-state index contributed by atoms with van der Waals surface area (Å²) in [6, 6.07) is 4.94. The number of rotatable bonds is 4. The molecule has 1 heterocycles. The highest BCUT2D eigenvalue weighted by atomic mass is 35.5. The number of halogens is 2. The standard InChI is InChI=1S/C12H14Cl2N4O2S/c1-17(2)10-5-4-8(13)6-9(10)16-21(19,20)12-11(14)18(3)7-15-12/h4-7,16H,1-3H3. The third kappa shape index (κ3) is 3.25. The van der Waals surface area contributed by atoms with E-state index in [1.54, 1.807) is 38.2 Å². The van der Waals surface area contributed by atoms with Crippen molar-refractivity contribution in [2.24, 2.45) is 7.05 Å². The first-order valence-corrected chi connectivity index (χ1v) is 8.13. The van der Waals surface area contributed by atoms with Gasteiger partial charge in [-0.15, -0.1) is 0 Å². The number of imidazole rings is 1. The van der Waals surface area contributed by atoms with Crippen molar-refractivity contribution in [1.29, 1.82) is 0 Å². The van der Waals surface area contributed by atoms with Gasteiger partial charge in [0.15, 0.2) is 0 Å². The van der Waals surface area contributed by atoms with E-state index < -0.39 is 10.0 Å². The number of hydrogen-bond donors (Lipinski definition) is 1. The molecule has 2 rings (SSSR count). The van der Waals surface area contributed by atoms with Crippen LogP contribution < -0.4 is 9.62 Å². The maximum Gasteiger partial charge on any atom is 0.282 e. The second kappa shape index (κ2) is 5.75. The van der Waals surface area contributed by atoms with Crippen LogP contribution >= 0.6 is 23.2 Å². The smallest absolute Gasteiger partial charge is 0.282 e. The molecule has 1 N–H and O–H groups in total. The second-order valence-electron chi connectivity index (χ2n) is 4.61. The molecule has 0 radical (unpaired) electrons. The van der Waals surface area contributed by atoms with Crippen molar-refractivity contribution >= 4 is 44.6 Å². The first-order chi connectivity index (χ1) is 9.72. The summed E-state index contributed by atoms with van der Waals surface area (Å²) in [6.45, 7) is 0. The minimum atomic E-state index is -3.90. The van der Waals surface area contributed by atoms with Crippen LogP contribution in [0.1, 0.15) is 0 Å². The molecule has 0 unspecified atom stereocenters. The molecule has 0 fully saturated rings. The van der Waals surface area contributed by atoms with E-state index in [4.69, 9.17) is 23.2 Å². The van der Waals surface area contributed by atoms with E-state index in [1.807, 2.05) is 0 Å². The molecular formula is C12H14Cl2N4O2S. The zero-order valence-electron chi connectivity index (χ0n) is 11.6. The predicted octanol–water partition coefficient (Wildman–Crippen LogP) is 2.59. The molecule has 0 bridgehead atoms. The van der Waals surface area contributed by atoms with E-state index in [0.717, 1.165) is 0 Å². The third-order valence-corrected chi connectivity index (χ3v) is 4.86. The summed E-state index contributed by atoms with van der Waals surface area (Å²) in [7, 11) is 1.32. The average molecular weight is 349 g/mol. The summed E-state index contributed by atoms with van der Waals surface area (Å²) < 4.78 is 28.7. The molecule has 6 nitrogen and oxygen atoms in total. The average Bonchev–Trinajstić information content (AvgIpc) is 2.69. The molecule has 114 valence electrons. The van der Waals surface area contributed by atoms with E-state index in [-0.39, 0.29) is 10.2 Å². The predicted molar refractivity (Wildman–Crippen MR) is 84.8 cm³/mol. The monoisotopic (exact) mass is 348 g/mol. The fourth-order valence-electron chi connectivity index (χ4n) is 1.75. The van der Waals surface area contributed by atoms with Crippen LogP contribution in [0.2, 0.25) is 10.2 Å². The van der Waals surface area contributed by atoms with Gasteiger partial charge < -0.3 is 9.47 Å². The minimum absolute atomic E-state index is 0.0379. The molecule has 0 amide bonds. The molecule has 0 saturated carbocycles. The maximum atomic E-state index is 12.4. The zero-order valence-corrected chi connectivity index (χ0v) is 14.0. The van der Waals surface area contributed by atoms with Gasteiger partial charge in [-0.1, -0.05) is 23.2 Å². The molecule has 0 spiro atoms. The van der Waals surface area contributed by atoms with Crippen molar-refractivity contribution in [3.05, 3.63) is 34.7 Å². The summed E-state index contributed by atoms with van der Waals surface area (Å²) in [5.41, 5.74) is 1.03. The van der Waals surface area contributed by atoms with Crippen LogP contribution in [-0.2, 0) is 17.1 Å². The molecule has 2 aromatic rings. The number of aromatic nitrogens is 2. The van der Waals surface area contributed by atoms with E-state index in [1.165, 1.54) is 17.0 Å². The molecule has 0 aliphatic heterocycles. The summed E-state index contributed by atoms with van der Waals surface area (Å²) in [6.07, 6.45) is 1.34. The van der Waals surface area contributed by atoms with Gasteiger partial charge in [0.1, 0.15) is 5.15 Å². The molecule has 0 saturated heterocycles. The Hall–Kier alpha value is -1.44. The van der Waals surface area contributed by atoms with Crippen LogP contribution in [0.25, 0.3) is 0 Å². The highest BCUT2D eigenvalue weighted by Crippen LogP contribution is 2.30. The molecule has 9 heteroatoms. The first kappa shape index (κ1) is 15.9. The van der Waals surface area contributed by atoms with E-state index >= 15 is 0 Å². The quantitative estimate of drug-likeness (QED) is 0.921. The Kier molecular flexibility index (Phi) is 4.36. The summed E-state index contributed by atoms with van der Waals surface area (Å²) in [5.74, 6) is 0. The highest BCUT2D eigenvalue weighted by Gasteiger charge is 2.23. The molecule has 0 aliphatic rings. The molecule has 1 aromatic heterocycles. The van der Waals surface area contributed by atoms with E-state index in [0.29, 0.717) is 16.4 Å². The molecular weight excluding hydrogens is 335 g/mol. The Morgan fingerprint density at radius 1 is 1.29 bits per heavy atom. The summed E-state index contributed by atoms with van der Waals surface area (Å²) in [4.78, 5) is 5.59. The van der Waals surface area contributed by atoms with Gasteiger partial charge in [-0.2, -0.15) is 8.42 Å². The first-order valence-electron chi connectivity index (χ1n) is 5.89. The van der Waals surface area contributed by atoms with Crippen LogP contribution in [0.4, 0.5) is 11.4 Å². The zero-order chi connectivity index (χ0) is 15.8. The maximum absolute atomic E-state index is 12.4. The lowest BCUT2D eigenvalue weighted by Gasteiger charge is -2.18. The summed E-state index contributed by atoms with van der Waals surface area (Å²) >= 11 is 11.9. The largest absolute Gasteiger partial charge is 0.376 e. The van der Waals surface area contributed by atoms with Crippen molar-refractivity contribution in [3.8, 4) is 0 Å². The SMILES string of the molecule is CN(C)c1ccc(Cl)cc1NS(=O)(=O)c1ncn(C)c1Cl. The van der Waals surface area contributed by atoms with Crippen LogP contribution in [0, 0.1) is 0 Å². The van der Waals surface area contributed by atoms with Gasteiger partial charge in [-0.05, 0) is 18.2 Å². The van der Waals surface area contributed by atoms with E-state index in [2.05, 4.69) is 9.71 Å². The Bertz CT molecular complexity index is 772. The lowest BCUT2D eigenvalue weighted by molar-refractivity contribution is 0.598. The number of benzene rings is 1. The lowest BCUT2D eigenvalue weighted by atomic mass is 10.2. The topological polar surface area (TPSA) is 67.2 Å². The van der Waals surface area contributed by atoms with Crippen LogP contribution in [0.5, 0.6) is 0 Å². The molecule has 0 atom stereocenters. The number of hydrogen-bond acceptors (Lipinski definition) is 4. The Labute approximate surface area is 133 Å². The van der Waals surface area contributed by atoms with Crippen molar-refractivity contribution in [2.75, 3.05) is 23.7 Å². The van der Waals surface area contributed by atoms with Crippen LogP contribution in [0.3, 0.4) is 0 Å². The minimum Gasteiger partial charge on any atom is -0.376 e. The fourth-order valence-corrected chi connectivity index (χ4v) is 3.42. The van der Waals surface area contributed by atoms with Gasteiger partial charge in [-0.3, -0.25) is 4.72 Å². The van der Waals surface area contributed by atoms with Crippen molar-refractivity contribution in [3.63, 3.8) is 0 Å².